The predicted molar refractivity (Wildman–Crippen MR) is 81.3 cm³/mol. The molecule has 0 heterocycles. The maximum absolute atomic E-state index is 5.85. The molecule has 20 heavy (non-hydrogen) atoms. The highest BCUT2D eigenvalue weighted by Gasteiger charge is 2.12. The molecule has 0 amide bonds. The first-order valence-corrected chi connectivity index (χ1v) is 6.88. The quantitative estimate of drug-likeness (QED) is 0.868. The van der Waals surface area contributed by atoms with E-state index < -0.39 is 0 Å². The van der Waals surface area contributed by atoms with E-state index in [0.29, 0.717) is 12.5 Å². The van der Waals surface area contributed by atoms with Crippen LogP contribution in [-0.2, 0) is 0 Å². The zero-order chi connectivity index (χ0) is 14.4. The summed E-state index contributed by atoms with van der Waals surface area (Å²) in [6.07, 6.45) is 0.0379. The molecule has 1 atom stereocenters. The van der Waals surface area contributed by atoms with Gasteiger partial charge in [-0.3, -0.25) is 0 Å². The molecule has 2 aromatic carbocycles. The molecule has 2 aromatic rings. The maximum atomic E-state index is 5.85. The largest absolute Gasteiger partial charge is 0.489 e. The molecule has 106 valence electrons. The predicted octanol–water partition coefficient (Wildman–Crippen LogP) is 3.84. The molecule has 0 saturated heterocycles. The molecule has 0 bridgehead atoms. The van der Waals surface area contributed by atoms with Crippen molar-refractivity contribution in [2.24, 2.45) is 11.7 Å². The van der Waals surface area contributed by atoms with Crippen LogP contribution in [0.5, 0.6) is 17.2 Å². The highest BCUT2D eigenvalue weighted by molar-refractivity contribution is 5.35. The van der Waals surface area contributed by atoms with Crippen LogP contribution >= 0.6 is 0 Å². The number of benzene rings is 2. The molecule has 0 aromatic heterocycles. The van der Waals surface area contributed by atoms with Gasteiger partial charge in [0.1, 0.15) is 23.4 Å². The van der Waals surface area contributed by atoms with Crippen molar-refractivity contribution in [3.05, 3.63) is 54.6 Å². The lowest BCUT2D eigenvalue weighted by molar-refractivity contribution is 0.159. The SMILES string of the molecule is CC(C)C(CN)Oc1ccc(Oc2ccccc2)cc1. The second-order valence-corrected chi connectivity index (χ2v) is 5.02. The van der Waals surface area contributed by atoms with E-state index in [9.17, 15) is 0 Å². The molecule has 0 fully saturated rings. The van der Waals surface area contributed by atoms with Crippen molar-refractivity contribution in [1.29, 1.82) is 0 Å². The van der Waals surface area contributed by atoms with Gasteiger partial charge in [0, 0.05) is 6.54 Å². The van der Waals surface area contributed by atoms with E-state index in [4.69, 9.17) is 15.2 Å². The second kappa shape index (κ2) is 6.96. The van der Waals surface area contributed by atoms with Crippen molar-refractivity contribution in [3.8, 4) is 17.2 Å². The normalized spacial score (nSPS) is 12.2. The van der Waals surface area contributed by atoms with Gasteiger partial charge in [-0.1, -0.05) is 32.0 Å². The van der Waals surface area contributed by atoms with Crippen molar-refractivity contribution in [2.45, 2.75) is 20.0 Å². The zero-order valence-corrected chi connectivity index (χ0v) is 12.0. The average Bonchev–Trinajstić information content (AvgIpc) is 2.47. The molecular weight excluding hydrogens is 250 g/mol. The Morgan fingerprint density at radius 2 is 1.40 bits per heavy atom. The molecular formula is C17H21NO2. The summed E-state index contributed by atoms with van der Waals surface area (Å²) in [5.41, 5.74) is 5.70. The lowest BCUT2D eigenvalue weighted by Crippen LogP contribution is -2.31. The van der Waals surface area contributed by atoms with E-state index in [0.717, 1.165) is 17.2 Å². The lowest BCUT2D eigenvalue weighted by atomic mass is 10.1. The van der Waals surface area contributed by atoms with Gasteiger partial charge < -0.3 is 15.2 Å². The molecule has 0 spiro atoms. The van der Waals surface area contributed by atoms with Gasteiger partial charge in [-0.25, -0.2) is 0 Å². The smallest absolute Gasteiger partial charge is 0.127 e. The van der Waals surface area contributed by atoms with Gasteiger partial charge in [0.15, 0.2) is 0 Å². The van der Waals surface area contributed by atoms with E-state index in [-0.39, 0.29) is 6.10 Å². The van der Waals surface area contributed by atoms with Crippen LogP contribution in [0.1, 0.15) is 13.8 Å². The number of hydrogen-bond acceptors (Lipinski definition) is 3. The molecule has 0 aliphatic rings. The van der Waals surface area contributed by atoms with Crippen molar-refractivity contribution in [1.82, 2.24) is 0 Å². The average molecular weight is 271 g/mol. The van der Waals surface area contributed by atoms with E-state index in [2.05, 4.69) is 13.8 Å². The van der Waals surface area contributed by atoms with E-state index in [1.54, 1.807) is 0 Å². The minimum Gasteiger partial charge on any atom is -0.489 e. The first kappa shape index (κ1) is 14.4. The van der Waals surface area contributed by atoms with E-state index in [1.165, 1.54) is 0 Å². The number of ether oxygens (including phenoxy) is 2. The van der Waals surface area contributed by atoms with Crippen molar-refractivity contribution in [3.63, 3.8) is 0 Å². The number of para-hydroxylation sites is 1. The summed E-state index contributed by atoms with van der Waals surface area (Å²) in [5.74, 6) is 2.82. The Morgan fingerprint density at radius 3 is 1.95 bits per heavy atom. The van der Waals surface area contributed by atoms with Gasteiger partial charge in [0.05, 0.1) is 0 Å². The van der Waals surface area contributed by atoms with Gasteiger partial charge in [-0.2, -0.15) is 0 Å². The Morgan fingerprint density at radius 1 is 0.850 bits per heavy atom. The van der Waals surface area contributed by atoms with Gasteiger partial charge in [-0.15, -0.1) is 0 Å². The highest BCUT2D eigenvalue weighted by atomic mass is 16.5. The molecule has 3 nitrogen and oxygen atoms in total. The van der Waals surface area contributed by atoms with Crippen molar-refractivity contribution < 1.29 is 9.47 Å². The standard InChI is InChI=1S/C17H21NO2/c1-13(2)17(12-18)20-16-10-8-15(9-11-16)19-14-6-4-3-5-7-14/h3-11,13,17H,12,18H2,1-2H3. The van der Waals surface area contributed by atoms with E-state index >= 15 is 0 Å². The Bertz CT molecular complexity index is 508. The van der Waals surface area contributed by atoms with Gasteiger partial charge in [0.2, 0.25) is 0 Å². The summed E-state index contributed by atoms with van der Waals surface area (Å²) >= 11 is 0. The van der Waals surface area contributed by atoms with Crippen LogP contribution < -0.4 is 15.2 Å². The molecule has 1 unspecified atom stereocenters. The fourth-order valence-electron chi connectivity index (χ4n) is 1.84. The Kier molecular flexibility index (Phi) is 5.02. The monoisotopic (exact) mass is 271 g/mol. The van der Waals surface area contributed by atoms with Crippen molar-refractivity contribution in [2.75, 3.05) is 6.54 Å². The van der Waals surface area contributed by atoms with Gasteiger partial charge in [-0.05, 0) is 42.3 Å². The Balaban J connectivity index is 1.99. The molecule has 2 N–H and O–H groups in total. The van der Waals surface area contributed by atoms with Crippen LogP contribution in [0.4, 0.5) is 0 Å². The van der Waals surface area contributed by atoms with Gasteiger partial charge >= 0.3 is 0 Å². The van der Waals surface area contributed by atoms with Crippen LogP contribution in [0.2, 0.25) is 0 Å². The van der Waals surface area contributed by atoms with Crippen LogP contribution in [0.15, 0.2) is 54.6 Å². The maximum Gasteiger partial charge on any atom is 0.127 e. The van der Waals surface area contributed by atoms with Crippen molar-refractivity contribution >= 4 is 0 Å². The molecule has 0 aliphatic carbocycles. The number of hydrogen-bond donors (Lipinski definition) is 1. The summed E-state index contributed by atoms with van der Waals surface area (Å²) in [7, 11) is 0. The lowest BCUT2D eigenvalue weighted by Gasteiger charge is -2.21. The molecule has 0 radical (unpaired) electrons. The third-order valence-electron chi connectivity index (χ3n) is 3.07. The van der Waals surface area contributed by atoms with Crippen LogP contribution in [0.25, 0.3) is 0 Å². The first-order chi connectivity index (χ1) is 9.69. The highest BCUT2D eigenvalue weighted by Crippen LogP contribution is 2.24. The summed E-state index contributed by atoms with van der Waals surface area (Å²) in [4.78, 5) is 0. The molecule has 2 rings (SSSR count). The molecule has 3 heteroatoms. The van der Waals surface area contributed by atoms with Gasteiger partial charge in [0.25, 0.3) is 0 Å². The topological polar surface area (TPSA) is 44.5 Å². The molecule has 0 saturated carbocycles. The first-order valence-electron chi connectivity index (χ1n) is 6.88. The second-order valence-electron chi connectivity index (χ2n) is 5.02. The Labute approximate surface area is 120 Å². The molecule has 0 aliphatic heterocycles. The fraction of sp³-hybridized carbons (Fsp3) is 0.294. The Hall–Kier alpha value is -2.00. The van der Waals surface area contributed by atoms with Crippen LogP contribution in [0.3, 0.4) is 0 Å². The zero-order valence-electron chi connectivity index (χ0n) is 12.0. The summed E-state index contributed by atoms with van der Waals surface area (Å²) < 4.78 is 11.6. The summed E-state index contributed by atoms with van der Waals surface area (Å²) in [6.45, 7) is 4.72. The minimum absolute atomic E-state index is 0.0379. The summed E-state index contributed by atoms with van der Waals surface area (Å²) in [5, 5.41) is 0. The number of nitrogens with two attached hydrogens (primary N) is 1. The third-order valence-corrected chi connectivity index (χ3v) is 3.07. The minimum atomic E-state index is 0.0379. The van der Waals surface area contributed by atoms with Crippen LogP contribution in [-0.4, -0.2) is 12.6 Å². The fourth-order valence-corrected chi connectivity index (χ4v) is 1.84. The van der Waals surface area contributed by atoms with Crippen LogP contribution in [0, 0.1) is 5.92 Å². The third kappa shape index (κ3) is 4.00. The number of rotatable bonds is 6. The van der Waals surface area contributed by atoms with E-state index in [1.807, 2.05) is 54.6 Å². The summed E-state index contributed by atoms with van der Waals surface area (Å²) in [6, 6.07) is 17.3.